The summed E-state index contributed by atoms with van der Waals surface area (Å²) < 4.78 is 0. The molecule has 0 aromatic carbocycles. The molecule has 0 aromatic heterocycles. The van der Waals surface area contributed by atoms with Gasteiger partial charge in [-0.3, -0.25) is 0 Å². The molecule has 0 unspecified atom stereocenters. The van der Waals surface area contributed by atoms with Gasteiger partial charge in [-0.05, 0) is 0 Å². The molecule has 5 heteroatoms. The van der Waals surface area contributed by atoms with Crippen LogP contribution in [0.25, 0.3) is 0 Å². The van der Waals surface area contributed by atoms with Crippen LogP contribution in [0, 0.1) is 0 Å². The van der Waals surface area contributed by atoms with Gasteiger partial charge in [-0.15, -0.1) is 0 Å². The molecule has 2 radical (unpaired) electrons. The summed E-state index contributed by atoms with van der Waals surface area (Å²) in [6, 6.07) is 0. The van der Waals surface area contributed by atoms with E-state index in [1.165, 1.54) is 0 Å². The van der Waals surface area contributed by atoms with Crippen molar-refractivity contribution in [2.75, 3.05) is 0 Å². The summed E-state index contributed by atoms with van der Waals surface area (Å²) in [6.45, 7) is 0. The first-order valence-electron chi connectivity index (χ1n) is 1.07. The third-order valence-corrected chi connectivity index (χ3v) is 0. The van der Waals surface area contributed by atoms with Crippen LogP contribution < -0.4 is 0 Å². The Morgan fingerprint density at radius 2 is 0.800 bits per heavy atom. The number of halogens is 4. The number of rotatable bonds is 0. The van der Waals surface area contributed by atoms with E-state index < -0.39 is 13.3 Å². The van der Waals surface area contributed by atoms with Gasteiger partial charge in [-0.2, -0.15) is 0 Å². The Morgan fingerprint density at radius 3 is 0.800 bits per heavy atom. The monoisotopic (exact) mass is 596 g/mol. The molecule has 0 fully saturated rings. The average molecular weight is 595 g/mol. The van der Waals surface area contributed by atoms with Crippen LogP contribution in [0.4, 0.5) is 0 Å². The van der Waals surface area contributed by atoms with Gasteiger partial charge in [0.15, 0.2) is 0 Å². The van der Waals surface area contributed by atoms with Crippen LogP contribution in [0.5, 0.6) is 0 Å². The van der Waals surface area contributed by atoms with Gasteiger partial charge in [0.25, 0.3) is 0 Å². The van der Waals surface area contributed by atoms with Crippen molar-refractivity contribution in [1.82, 2.24) is 0 Å². The summed E-state index contributed by atoms with van der Waals surface area (Å²) in [4.78, 5) is 0. The fraction of sp³-hybridized carbons (Fsp3) is 0. The number of hydrogen-bond acceptors (Lipinski definition) is 0. The van der Waals surface area contributed by atoms with Gasteiger partial charge >= 0.3 is 64.9 Å². The molecule has 0 N–H and O–H groups in total. The molecule has 0 aliphatic rings. The van der Waals surface area contributed by atoms with Gasteiger partial charge < -0.3 is 0 Å². The molecule has 0 amide bonds. The van der Waals surface area contributed by atoms with E-state index in [1.807, 2.05) is 0 Å². The van der Waals surface area contributed by atoms with E-state index in [2.05, 4.69) is 51.6 Å². The standard InChI is InChI=1S/4HI.Sr/h4*1H;/q;;;;+4/p-4. The van der Waals surface area contributed by atoms with Crippen molar-refractivity contribution in [1.29, 1.82) is 0 Å². The van der Waals surface area contributed by atoms with Crippen LogP contribution in [-0.4, -0.2) is 13.3 Å². The van der Waals surface area contributed by atoms with E-state index in [0.717, 1.165) is 0 Å². The van der Waals surface area contributed by atoms with Crippen molar-refractivity contribution in [3.8, 4) is 0 Å². The van der Waals surface area contributed by atoms with Crippen LogP contribution in [-0.2, 0) is 0 Å². The zero-order valence-electron chi connectivity index (χ0n) is 2.22. The predicted molar refractivity (Wildman–Crippen MR) is 61.8 cm³/mol. The Labute approximate surface area is 60.9 Å². The Hall–Kier alpha value is 4.40. The molecule has 0 saturated carbocycles. The molecule has 0 saturated heterocycles. The van der Waals surface area contributed by atoms with E-state index >= 15 is 0 Å². The second kappa shape index (κ2) is 4.25. The number of hydrogen-bond donors (Lipinski definition) is 0. The maximum atomic E-state index is 2.57. The summed E-state index contributed by atoms with van der Waals surface area (Å²) in [5.74, 6) is 0. The van der Waals surface area contributed by atoms with Crippen molar-refractivity contribution in [2.45, 2.75) is 0 Å². The quantitative estimate of drug-likeness (QED) is 0.299. The van der Waals surface area contributed by atoms with Crippen molar-refractivity contribution in [2.24, 2.45) is 0 Å². The van der Waals surface area contributed by atoms with Gasteiger partial charge in [0.2, 0.25) is 0 Å². The first kappa shape index (κ1) is 9.40. The predicted octanol–water partition coefficient (Wildman–Crippen LogP) is 3.16. The maximum absolute atomic E-state index is 2.57. The third kappa shape index (κ3) is 17.8. The van der Waals surface area contributed by atoms with Crippen LogP contribution >= 0.6 is 51.6 Å². The van der Waals surface area contributed by atoms with Gasteiger partial charge in [-0.1, -0.05) is 0 Å². The second-order valence-electron chi connectivity index (χ2n) is 0.606. The topological polar surface area (TPSA) is 0 Å². The fourth-order valence-corrected chi connectivity index (χ4v) is 0. The normalized spacial score (nSPS) is 12.0. The SMILES string of the molecule is [I][Sr]([I])([I])[I]. The molecule has 0 spiro atoms. The van der Waals surface area contributed by atoms with Crippen molar-refractivity contribution < 1.29 is 0 Å². The molecule has 0 aromatic rings. The summed E-state index contributed by atoms with van der Waals surface area (Å²) in [5.41, 5.74) is 0. The average Bonchev–Trinajstić information content (AvgIpc) is 0.722. The molecule has 5 heavy (non-hydrogen) atoms. The molecule has 0 aliphatic carbocycles. The molecule has 0 heterocycles. The first-order valence-corrected chi connectivity index (χ1v) is 42.4. The van der Waals surface area contributed by atoms with E-state index in [9.17, 15) is 0 Å². The van der Waals surface area contributed by atoms with Crippen LogP contribution in [0.15, 0.2) is 0 Å². The molecule has 0 nitrogen and oxygen atoms in total. The minimum atomic E-state index is -1.46. The van der Waals surface area contributed by atoms with E-state index in [0.29, 0.717) is 0 Å². The molecule has 0 bridgehead atoms. The van der Waals surface area contributed by atoms with Gasteiger partial charge in [0.05, 0.1) is 0 Å². The van der Waals surface area contributed by atoms with Crippen molar-refractivity contribution in [3.63, 3.8) is 0 Å². The van der Waals surface area contributed by atoms with E-state index in [1.54, 1.807) is 0 Å². The van der Waals surface area contributed by atoms with Crippen LogP contribution in [0.3, 0.4) is 0 Å². The molecular formula is I4Sr. The Bertz CT molecular complexity index is 19.1. The zero-order chi connectivity index (χ0) is 4.50. The fourth-order valence-electron chi connectivity index (χ4n) is 0. The Kier molecular flexibility index (Phi) is 8.00. The Balaban J connectivity index is 3.02. The molecule has 0 atom stereocenters. The van der Waals surface area contributed by atoms with Crippen molar-refractivity contribution >= 4 is 64.9 Å². The van der Waals surface area contributed by atoms with Gasteiger partial charge in [0.1, 0.15) is 0 Å². The van der Waals surface area contributed by atoms with Crippen molar-refractivity contribution in [3.05, 3.63) is 0 Å². The molecular weight excluding hydrogens is 595 g/mol. The zero-order valence-corrected chi connectivity index (χ0v) is 14.3. The van der Waals surface area contributed by atoms with E-state index in [-0.39, 0.29) is 0 Å². The molecule has 0 rings (SSSR count). The minimum absolute atomic E-state index is 1.46. The summed E-state index contributed by atoms with van der Waals surface area (Å²) >= 11 is 8.81. The summed E-state index contributed by atoms with van der Waals surface area (Å²) in [6.07, 6.45) is 0. The van der Waals surface area contributed by atoms with E-state index in [4.69, 9.17) is 0 Å². The second-order valence-corrected chi connectivity index (χ2v) is 161. The van der Waals surface area contributed by atoms with Gasteiger partial charge in [0, 0.05) is 0 Å². The van der Waals surface area contributed by atoms with Crippen LogP contribution in [0.1, 0.15) is 0 Å². The van der Waals surface area contributed by atoms with Gasteiger partial charge in [-0.25, -0.2) is 0 Å². The summed E-state index contributed by atoms with van der Waals surface area (Å²) in [5, 5.41) is 0. The molecule has 30 valence electrons. The first-order chi connectivity index (χ1) is 2.00. The Morgan fingerprint density at radius 1 is 0.800 bits per heavy atom. The van der Waals surface area contributed by atoms with Crippen LogP contribution in [0.2, 0.25) is 0 Å². The third-order valence-electron chi connectivity index (χ3n) is 0. The summed E-state index contributed by atoms with van der Waals surface area (Å²) in [7, 11) is 0. The molecule has 0 aliphatic heterocycles.